The molecule has 1 aromatic heterocycles. The Bertz CT molecular complexity index is 670. The Labute approximate surface area is 136 Å². The number of aryl methyl sites for hydroxylation is 1. The highest BCUT2D eigenvalue weighted by atomic mass is 19.1. The molecule has 1 saturated carbocycles. The summed E-state index contributed by atoms with van der Waals surface area (Å²) < 4.78 is 19.1. The summed E-state index contributed by atoms with van der Waals surface area (Å²) in [6.07, 6.45) is 5.04. The molecule has 124 valence electrons. The van der Waals surface area contributed by atoms with Crippen molar-refractivity contribution in [1.82, 2.24) is 15.5 Å². The van der Waals surface area contributed by atoms with Gasteiger partial charge in [0, 0.05) is 11.6 Å². The van der Waals surface area contributed by atoms with Crippen molar-refractivity contribution in [2.75, 3.05) is 0 Å². The molecule has 0 aliphatic heterocycles. The van der Waals surface area contributed by atoms with Gasteiger partial charge in [-0.1, -0.05) is 37.1 Å². The quantitative estimate of drug-likeness (QED) is 0.907. The summed E-state index contributed by atoms with van der Waals surface area (Å²) in [6, 6.07) is 5.48. The number of nitrogens with one attached hydrogen (secondary N) is 1. The van der Waals surface area contributed by atoms with Crippen molar-refractivity contribution in [1.29, 1.82) is 0 Å². The Morgan fingerprint density at radius 1 is 1.30 bits per heavy atom. The fourth-order valence-electron chi connectivity index (χ4n) is 3.22. The van der Waals surface area contributed by atoms with Gasteiger partial charge in [-0.05, 0) is 44.2 Å². The number of rotatable bonds is 4. The second-order valence-electron chi connectivity index (χ2n) is 6.68. The van der Waals surface area contributed by atoms with Gasteiger partial charge < -0.3 is 9.84 Å². The van der Waals surface area contributed by atoms with Crippen molar-refractivity contribution < 1.29 is 8.91 Å². The predicted molar refractivity (Wildman–Crippen MR) is 87.4 cm³/mol. The first-order valence-corrected chi connectivity index (χ1v) is 8.41. The van der Waals surface area contributed by atoms with Gasteiger partial charge in [0.2, 0.25) is 11.7 Å². The smallest absolute Gasteiger partial charge is 0.243 e. The van der Waals surface area contributed by atoms with Crippen molar-refractivity contribution in [2.45, 2.75) is 58.5 Å². The first kappa shape index (κ1) is 16.1. The van der Waals surface area contributed by atoms with Gasteiger partial charge in [-0.2, -0.15) is 4.98 Å². The lowest BCUT2D eigenvalue weighted by molar-refractivity contribution is 0.242. The van der Waals surface area contributed by atoms with E-state index in [2.05, 4.69) is 22.4 Å². The van der Waals surface area contributed by atoms with Crippen molar-refractivity contribution in [2.24, 2.45) is 5.92 Å². The average molecular weight is 317 g/mol. The van der Waals surface area contributed by atoms with E-state index in [1.54, 1.807) is 13.0 Å². The molecule has 0 amide bonds. The molecule has 0 saturated heterocycles. The van der Waals surface area contributed by atoms with E-state index in [4.69, 9.17) is 4.52 Å². The first-order chi connectivity index (χ1) is 11.0. The SMILES string of the molecule is Cc1ccc(-c2noc(C(C)NC3CCCCC3C)n2)cc1F. The molecule has 0 spiro atoms. The molecule has 4 nitrogen and oxygen atoms in total. The van der Waals surface area contributed by atoms with Crippen molar-refractivity contribution >= 4 is 0 Å². The molecular weight excluding hydrogens is 293 g/mol. The maximum Gasteiger partial charge on any atom is 0.243 e. The van der Waals surface area contributed by atoms with E-state index in [9.17, 15) is 4.39 Å². The summed E-state index contributed by atoms with van der Waals surface area (Å²) >= 11 is 0. The first-order valence-electron chi connectivity index (χ1n) is 8.41. The molecular formula is C18H24FN3O. The molecule has 0 bridgehead atoms. The lowest BCUT2D eigenvalue weighted by atomic mass is 9.85. The van der Waals surface area contributed by atoms with Crippen molar-refractivity contribution in [3.05, 3.63) is 35.5 Å². The summed E-state index contributed by atoms with van der Waals surface area (Å²) in [4.78, 5) is 4.43. The maximum absolute atomic E-state index is 13.7. The normalized spacial score (nSPS) is 23.0. The van der Waals surface area contributed by atoms with E-state index in [1.165, 1.54) is 31.7 Å². The zero-order valence-electron chi connectivity index (χ0n) is 14.0. The van der Waals surface area contributed by atoms with Crippen LogP contribution in [0.1, 0.15) is 57.0 Å². The van der Waals surface area contributed by atoms with Gasteiger partial charge >= 0.3 is 0 Å². The minimum absolute atomic E-state index is 0.00269. The van der Waals surface area contributed by atoms with E-state index < -0.39 is 0 Å². The molecule has 1 heterocycles. The lowest BCUT2D eigenvalue weighted by Crippen LogP contribution is -2.38. The summed E-state index contributed by atoms with van der Waals surface area (Å²) in [5.41, 5.74) is 1.25. The van der Waals surface area contributed by atoms with Crippen LogP contribution in [-0.2, 0) is 0 Å². The van der Waals surface area contributed by atoms with E-state index in [0.717, 1.165) is 0 Å². The molecule has 1 N–H and O–H groups in total. The van der Waals surface area contributed by atoms with E-state index in [-0.39, 0.29) is 11.9 Å². The zero-order chi connectivity index (χ0) is 16.4. The fraction of sp³-hybridized carbons (Fsp3) is 0.556. The molecule has 2 aromatic rings. The van der Waals surface area contributed by atoms with Crippen LogP contribution in [0.5, 0.6) is 0 Å². The Morgan fingerprint density at radius 3 is 2.83 bits per heavy atom. The highest BCUT2D eigenvalue weighted by molar-refractivity contribution is 5.54. The Hall–Kier alpha value is -1.75. The molecule has 1 aliphatic rings. The molecule has 3 unspecified atom stereocenters. The number of hydrogen-bond acceptors (Lipinski definition) is 4. The van der Waals surface area contributed by atoms with Crippen molar-refractivity contribution in [3.63, 3.8) is 0 Å². The van der Waals surface area contributed by atoms with Crippen LogP contribution in [0.15, 0.2) is 22.7 Å². The van der Waals surface area contributed by atoms with E-state index in [1.807, 2.05) is 13.0 Å². The second kappa shape index (κ2) is 6.79. The number of hydrogen-bond donors (Lipinski definition) is 1. The summed E-state index contributed by atoms with van der Waals surface area (Å²) in [6.45, 7) is 6.06. The molecule has 1 aromatic carbocycles. The second-order valence-corrected chi connectivity index (χ2v) is 6.68. The number of benzene rings is 1. The van der Waals surface area contributed by atoms with Crippen molar-refractivity contribution in [3.8, 4) is 11.4 Å². The Morgan fingerprint density at radius 2 is 2.09 bits per heavy atom. The van der Waals surface area contributed by atoms with Crippen LogP contribution in [-0.4, -0.2) is 16.2 Å². The molecule has 3 atom stereocenters. The monoisotopic (exact) mass is 317 g/mol. The minimum Gasteiger partial charge on any atom is -0.337 e. The number of aromatic nitrogens is 2. The van der Waals surface area contributed by atoms with Crippen LogP contribution in [0.3, 0.4) is 0 Å². The van der Waals surface area contributed by atoms with Gasteiger partial charge in [-0.25, -0.2) is 4.39 Å². The standard InChI is InChI=1S/C18H24FN3O/c1-11-8-9-14(10-15(11)19)17-21-18(23-22-17)13(3)20-16-7-5-4-6-12(16)2/h8-10,12-13,16,20H,4-7H2,1-3H3. The average Bonchev–Trinajstić information content (AvgIpc) is 3.02. The van der Waals surface area contributed by atoms with Crippen LogP contribution in [0.2, 0.25) is 0 Å². The van der Waals surface area contributed by atoms with E-state index >= 15 is 0 Å². The molecule has 3 rings (SSSR count). The van der Waals surface area contributed by atoms with Gasteiger partial charge in [-0.15, -0.1) is 0 Å². The highest BCUT2D eigenvalue weighted by Crippen LogP contribution is 2.27. The molecule has 1 fully saturated rings. The molecule has 23 heavy (non-hydrogen) atoms. The van der Waals surface area contributed by atoms with Crippen LogP contribution in [0.25, 0.3) is 11.4 Å². The Balaban J connectivity index is 1.71. The molecule has 5 heteroatoms. The van der Waals surface area contributed by atoms with Gasteiger partial charge in [0.25, 0.3) is 0 Å². The number of nitrogens with zero attached hydrogens (tertiary/aromatic N) is 2. The summed E-state index contributed by atoms with van der Waals surface area (Å²) in [7, 11) is 0. The van der Waals surface area contributed by atoms with Gasteiger partial charge in [0.15, 0.2) is 0 Å². The van der Waals surface area contributed by atoms with Crippen LogP contribution >= 0.6 is 0 Å². The largest absolute Gasteiger partial charge is 0.337 e. The maximum atomic E-state index is 13.7. The fourth-order valence-corrected chi connectivity index (χ4v) is 3.22. The van der Waals surface area contributed by atoms with Crippen LogP contribution < -0.4 is 5.32 Å². The summed E-state index contributed by atoms with van der Waals surface area (Å²) in [5, 5.41) is 7.60. The third-order valence-corrected chi connectivity index (χ3v) is 4.82. The number of halogens is 1. The van der Waals surface area contributed by atoms with Crippen LogP contribution in [0.4, 0.5) is 4.39 Å². The third kappa shape index (κ3) is 3.61. The zero-order valence-corrected chi connectivity index (χ0v) is 14.0. The van der Waals surface area contributed by atoms with E-state index in [0.29, 0.717) is 34.8 Å². The van der Waals surface area contributed by atoms with Gasteiger partial charge in [0.1, 0.15) is 5.82 Å². The van der Waals surface area contributed by atoms with Gasteiger partial charge in [-0.3, -0.25) is 0 Å². The predicted octanol–water partition coefficient (Wildman–Crippen LogP) is 4.41. The third-order valence-electron chi connectivity index (χ3n) is 4.82. The highest BCUT2D eigenvalue weighted by Gasteiger charge is 2.25. The summed E-state index contributed by atoms with van der Waals surface area (Å²) in [5.74, 6) is 1.40. The van der Waals surface area contributed by atoms with Gasteiger partial charge in [0.05, 0.1) is 6.04 Å². The lowest BCUT2D eigenvalue weighted by Gasteiger charge is -2.31. The molecule has 1 aliphatic carbocycles. The molecule has 0 radical (unpaired) electrons. The minimum atomic E-state index is -0.254. The Kier molecular flexibility index (Phi) is 4.76. The topological polar surface area (TPSA) is 51.0 Å². The van der Waals surface area contributed by atoms with Crippen LogP contribution in [0, 0.1) is 18.7 Å².